The second kappa shape index (κ2) is 13.9. The molecule has 0 spiro atoms. The fourth-order valence-corrected chi connectivity index (χ4v) is 8.28. The molecule has 2 fully saturated rings. The van der Waals surface area contributed by atoms with Gasteiger partial charge in [0.25, 0.3) is 5.91 Å². The van der Waals surface area contributed by atoms with Crippen LogP contribution >= 0.6 is 34.2 Å². The molecule has 1 aliphatic heterocycles. The zero-order valence-corrected chi connectivity index (χ0v) is 29.8. The molecular weight excluding hydrogens is 759 g/mol. The first-order valence-electron chi connectivity index (χ1n) is 15.9. The molecule has 48 heavy (non-hydrogen) atoms. The van der Waals surface area contributed by atoms with Gasteiger partial charge in [0.15, 0.2) is 0 Å². The van der Waals surface area contributed by atoms with E-state index >= 15 is 0 Å². The van der Waals surface area contributed by atoms with E-state index in [2.05, 4.69) is 65.1 Å². The summed E-state index contributed by atoms with van der Waals surface area (Å²) in [5, 5.41) is 0.630. The molecule has 0 atom stereocenters. The minimum Gasteiger partial charge on any atom is -0.493 e. The molecule has 1 saturated carbocycles. The van der Waals surface area contributed by atoms with Crippen molar-refractivity contribution < 1.29 is 17.9 Å². The van der Waals surface area contributed by atoms with Crippen molar-refractivity contribution in [3.63, 3.8) is 0 Å². The van der Waals surface area contributed by atoms with E-state index in [1.165, 1.54) is 25.7 Å². The smallest absolute Gasteiger partial charge is 0.326 e. The molecule has 2 aliphatic rings. The number of halogens is 2. The fraction of sp³-hybridized carbons (Fsp3) is 0.243. The lowest BCUT2D eigenvalue weighted by molar-refractivity contribution is -0.117. The highest BCUT2D eigenvalue weighted by molar-refractivity contribution is 14.1. The number of hydrogen-bond donors (Lipinski definition) is 1. The maximum Gasteiger partial charge on any atom is 0.326 e. The molecule has 5 aromatic rings. The number of nitrogens with zero attached hydrogens (tertiary/aromatic N) is 3. The van der Waals surface area contributed by atoms with Crippen LogP contribution in [-0.4, -0.2) is 37.0 Å². The number of rotatable bonds is 10. The second-order valence-electron chi connectivity index (χ2n) is 12.3. The van der Waals surface area contributed by atoms with Crippen molar-refractivity contribution >= 4 is 56.0 Å². The number of ether oxygens (including phenoxy) is 1. The van der Waals surface area contributed by atoms with E-state index in [1.807, 2.05) is 51.9 Å². The Morgan fingerprint density at radius 2 is 1.62 bits per heavy atom. The summed E-state index contributed by atoms with van der Waals surface area (Å²) < 4.78 is 36.9. The van der Waals surface area contributed by atoms with E-state index in [4.69, 9.17) is 21.3 Å². The standard InChI is InChI=1S/C37H34ClIN4O4S/c38-34-18-27(21-39)10-17-33(34)35-22-42(30-13-15-31(16-14-30)43-23-37(44)41-48(43,45)46)36(40-35)19-25-8-11-28(12-9-25)29-6-3-7-32(20-29)47-24-26-4-1-2-5-26/h3,6-18,20,22,26H,1-2,4-5,19,21,23-24H2,(H,41,44). The van der Waals surface area contributed by atoms with Crippen molar-refractivity contribution in [1.29, 1.82) is 0 Å². The summed E-state index contributed by atoms with van der Waals surface area (Å²) >= 11 is 9.04. The first-order valence-corrected chi connectivity index (χ1v) is 19.3. The van der Waals surface area contributed by atoms with E-state index in [1.54, 1.807) is 12.1 Å². The number of hydrogen-bond acceptors (Lipinski definition) is 5. The van der Waals surface area contributed by atoms with Gasteiger partial charge in [0, 0.05) is 28.3 Å². The molecule has 8 nitrogen and oxygen atoms in total. The summed E-state index contributed by atoms with van der Waals surface area (Å²) in [4.78, 5) is 16.8. The van der Waals surface area contributed by atoms with E-state index in [0.717, 1.165) is 66.1 Å². The van der Waals surface area contributed by atoms with Crippen molar-refractivity contribution in [3.8, 4) is 33.8 Å². The van der Waals surface area contributed by atoms with Crippen molar-refractivity contribution in [1.82, 2.24) is 14.3 Å². The summed E-state index contributed by atoms with van der Waals surface area (Å²) in [7, 11) is -3.90. The summed E-state index contributed by atoms with van der Waals surface area (Å²) in [6, 6.07) is 29.8. The minimum absolute atomic E-state index is 0.248. The molecule has 1 amide bonds. The van der Waals surface area contributed by atoms with Crippen molar-refractivity contribution in [3.05, 3.63) is 119 Å². The van der Waals surface area contributed by atoms with E-state index < -0.39 is 16.1 Å². The van der Waals surface area contributed by atoms with Gasteiger partial charge in [0.2, 0.25) is 0 Å². The van der Waals surface area contributed by atoms with Gasteiger partial charge < -0.3 is 9.30 Å². The highest BCUT2D eigenvalue weighted by Gasteiger charge is 2.34. The number of carbonyl (C=O) groups excluding carboxylic acids is 1. The number of carbonyl (C=O) groups is 1. The predicted octanol–water partition coefficient (Wildman–Crippen LogP) is 8.14. The topological polar surface area (TPSA) is 93.5 Å². The molecule has 0 radical (unpaired) electrons. The van der Waals surface area contributed by atoms with Crippen LogP contribution in [0.5, 0.6) is 5.75 Å². The van der Waals surface area contributed by atoms with Crippen molar-refractivity contribution in [2.45, 2.75) is 36.5 Å². The normalized spacial score (nSPS) is 16.0. The Morgan fingerprint density at radius 3 is 2.31 bits per heavy atom. The lowest BCUT2D eigenvalue weighted by Gasteiger charge is -2.15. The maximum absolute atomic E-state index is 12.4. The van der Waals surface area contributed by atoms with Gasteiger partial charge in [-0.25, -0.2) is 14.0 Å². The fourth-order valence-electron chi connectivity index (χ4n) is 6.36. The molecule has 246 valence electrons. The summed E-state index contributed by atoms with van der Waals surface area (Å²) in [5.41, 5.74) is 7.21. The maximum atomic E-state index is 12.4. The van der Waals surface area contributed by atoms with Crippen LogP contribution in [0.3, 0.4) is 0 Å². The van der Waals surface area contributed by atoms with Crippen LogP contribution < -0.4 is 13.8 Å². The quantitative estimate of drug-likeness (QED) is 0.114. The van der Waals surface area contributed by atoms with E-state index in [0.29, 0.717) is 23.0 Å². The predicted molar refractivity (Wildman–Crippen MR) is 198 cm³/mol. The van der Waals surface area contributed by atoms with Crippen LogP contribution in [0.1, 0.15) is 42.6 Å². The Bertz CT molecular complexity index is 2060. The van der Waals surface area contributed by atoms with Crippen LogP contribution in [0, 0.1) is 5.92 Å². The second-order valence-corrected chi connectivity index (χ2v) is 15.0. The molecule has 4 aromatic carbocycles. The van der Waals surface area contributed by atoms with Gasteiger partial charge in [-0.1, -0.05) is 95.6 Å². The number of aromatic nitrogens is 2. The zero-order valence-electron chi connectivity index (χ0n) is 26.1. The number of amides is 1. The number of benzene rings is 4. The number of imidazole rings is 1. The Balaban J connectivity index is 1.16. The first kappa shape index (κ1) is 32.7. The van der Waals surface area contributed by atoms with Crippen LogP contribution in [-0.2, 0) is 25.9 Å². The van der Waals surface area contributed by atoms with Gasteiger partial charge in [0.1, 0.15) is 18.1 Å². The molecule has 0 bridgehead atoms. The van der Waals surface area contributed by atoms with Gasteiger partial charge >= 0.3 is 10.2 Å². The molecule has 2 heterocycles. The van der Waals surface area contributed by atoms with E-state index in [9.17, 15) is 13.2 Å². The molecule has 1 N–H and O–H groups in total. The van der Waals surface area contributed by atoms with Gasteiger partial charge in [-0.05, 0) is 83.5 Å². The lowest BCUT2D eigenvalue weighted by atomic mass is 10.0. The highest BCUT2D eigenvalue weighted by Crippen LogP contribution is 2.32. The SMILES string of the molecule is O=C1CN(c2ccc(-n3cc(-c4ccc(CI)cc4Cl)nc3Cc3ccc(-c4cccc(OCC5CCCC5)c4)cc3)cc2)S(=O)(=O)N1. The van der Waals surface area contributed by atoms with Crippen LogP contribution in [0.4, 0.5) is 5.69 Å². The van der Waals surface area contributed by atoms with Gasteiger partial charge in [-0.3, -0.25) is 4.79 Å². The van der Waals surface area contributed by atoms with Gasteiger partial charge in [0.05, 0.1) is 23.0 Å². The first-order chi connectivity index (χ1) is 23.3. The average Bonchev–Trinajstić information content (AvgIpc) is 3.83. The third-order valence-electron chi connectivity index (χ3n) is 8.92. The molecule has 11 heteroatoms. The van der Waals surface area contributed by atoms with Gasteiger partial charge in [-0.15, -0.1) is 0 Å². The van der Waals surface area contributed by atoms with E-state index in [-0.39, 0.29) is 6.54 Å². The Hall–Kier alpha value is -3.87. The Morgan fingerprint density at radius 1 is 0.896 bits per heavy atom. The van der Waals surface area contributed by atoms with Crippen molar-refractivity contribution in [2.24, 2.45) is 5.92 Å². The molecule has 1 aliphatic carbocycles. The number of nitrogens with one attached hydrogen (secondary N) is 1. The summed E-state index contributed by atoms with van der Waals surface area (Å²) in [6.07, 6.45) is 7.63. The Labute approximate surface area is 299 Å². The van der Waals surface area contributed by atoms with Gasteiger partial charge in [-0.2, -0.15) is 8.42 Å². The number of alkyl halides is 1. The monoisotopic (exact) mass is 792 g/mol. The third-order valence-corrected chi connectivity index (χ3v) is 11.5. The Kier molecular flexibility index (Phi) is 9.48. The largest absolute Gasteiger partial charge is 0.493 e. The molecule has 1 aromatic heterocycles. The van der Waals surface area contributed by atoms with Crippen molar-refractivity contribution in [2.75, 3.05) is 17.5 Å². The molecular formula is C37H34ClIN4O4S. The minimum atomic E-state index is -3.90. The number of anilines is 1. The summed E-state index contributed by atoms with van der Waals surface area (Å²) in [5.74, 6) is 1.80. The average molecular weight is 793 g/mol. The zero-order chi connectivity index (χ0) is 33.3. The molecule has 1 saturated heterocycles. The molecule has 0 unspecified atom stereocenters. The van der Waals surface area contributed by atoms with Crippen LogP contribution in [0.15, 0.2) is 97.2 Å². The highest BCUT2D eigenvalue weighted by atomic mass is 127. The van der Waals surface area contributed by atoms with Crippen LogP contribution in [0.2, 0.25) is 5.02 Å². The third kappa shape index (κ3) is 7.11. The van der Waals surface area contributed by atoms with Crippen LogP contribution in [0.25, 0.3) is 28.1 Å². The summed E-state index contributed by atoms with van der Waals surface area (Å²) in [6.45, 7) is 0.531. The lowest BCUT2D eigenvalue weighted by Crippen LogP contribution is -2.29. The molecule has 7 rings (SSSR count).